The third kappa shape index (κ3) is 3.53. The summed E-state index contributed by atoms with van der Waals surface area (Å²) in [5, 5.41) is 3.84. The molecule has 5 nitrogen and oxygen atoms in total. The van der Waals surface area contributed by atoms with E-state index in [0.29, 0.717) is 32.1 Å². The smallest absolute Gasteiger partial charge is 0.378 e. The summed E-state index contributed by atoms with van der Waals surface area (Å²) in [5.74, 6) is 0.522. The Bertz CT molecular complexity index is 658. The number of rotatable bonds is 3. The van der Waals surface area contributed by atoms with Crippen molar-refractivity contribution in [2.45, 2.75) is 25.7 Å². The molecule has 1 unspecified atom stereocenters. The molecule has 1 aliphatic heterocycles. The van der Waals surface area contributed by atoms with Gasteiger partial charge in [0.15, 0.2) is 5.82 Å². The minimum atomic E-state index is -4.32. The SMILES string of the molecule is Cc1cc(CN2CCOCC2c2ncon2)ccc1C(F)(F)F. The van der Waals surface area contributed by atoms with Crippen LogP contribution in [-0.4, -0.2) is 34.8 Å². The maximum Gasteiger partial charge on any atom is 0.416 e. The zero-order valence-corrected chi connectivity index (χ0v) is 12.5. The van der Waals surface area contributed by atoms with Crippen LogP contribution in [0.5, 0.6) is 0 Å². The minimum absolute atomic E-state index is 0.162. The Balaban J connectivity index is 1.79. The van der Waals surface area contributed by atoms with Crippen LogP contribution < -0.4 is 0 Å². The van der Waals surface area contributed by atoms with E-state index in [2.05, 4.69) is 15.0 Å². The Labute approximate surface area is 131 Å². The molecular formula is C15H16F3N3O2. The molecule has 0 radical (unpaired) electrons. The molecule has 2 aromatic rings. The van der Waals surface area contributed by atoms with Crippen LogP contribution in [0.15, 0.2) is 29.1 Å². The number of aromatic nitrogens is 2. The van der Waals surface area contributed by atoms with E-state index in [9.17, 15) is 13.2 Å². The van der Waals surface area contributed by atoms with Gasteiger partial charge >= 0.3 is 6.18 Å². The van der Waals surface area contributed by atoms with Crippen LogP contribution in [0.25, 0.3) is 0 Å². The number of halogens is 3. The molecule has 1 aliphatic rings. The molecule has 0 saturated carbocycles. The van der Waals surface area contributed by atoms with Crippen molar-refractivity contribution in [2.75, 3.05) is 19.8 Å². The number of hydrogen-bond acceptors (Lipinski definition) is 5. The fourth-order valence-electron chi connectivity index (χ4n) is 2.77. The van der Waals surface area contributed by atoms with Crippen molar-refractivity contribution in [3.05, 3.63) is 47.1 Å². The Morgan fingerprint density at radius 1 is 1.35 bits per heavy atom. The standard InChI is InChI=1S/C15H16F3N3O2/c1-10-6-11(2-3-12(10)15(16,17)18)7-21-4-5-22-8-13(21)14-19-9-23-20-14/h2-3,6,9,13H,4-5,7-8H2,1H3. The molecule has 8 heteroatoms. The maximum absolute atomic E-state index is 12.8. The van der Waals surface area contributed by atoms with Gasteiger partial charge in [-0.2, -0.15) is 18.2 Å². The highest BCUT2D eigenvalue weighted by Gasteiger charge is 2.33. The first-order valence-corrected chi connectivity index (χ1v) is 7.20. The monoisotopic (exact) mass is 327 g/mol. The molecule has 0 amide bonds. The van der Waals surface area contributed by atoms with Crippen LogP contribution in [0, 0.1) is 6.92 Å². The Kier molecular flexibility index (Phi) is 4.36. The van der Waals surface area contributed by atoms with E-state index in [1.165, 1.54) is 19.4 Å². The fraction of sp³-hybridized carbons (Fsp3) is 0.467. The predicted octanol–water partition coefficient (Wildman–Crippen LogP) is 2.97. The van der Waals surface area contributed by atoms with Crippen LogP contribution in [0.4, 0.5) is 13.2 Å². The largest absolute Gasteiger partial charge is 0.416 e. The average Bonchev–Trinajstić information content (AvgIpc) is 3.00. The van der Waals surface area contributed by atoms with Crippen molar-refractivity contribution in [2.24, 2.45) is 0 Å². The van der Waals surface area contributed by atoms with Crippen molar-refractivity contribution < 1.29 is 22.4 Å². The number of hydrogen-bond donors (Lipinski definition) is 0. The summed E-state index contributed by atoms with van der Waals surface area (Å²) < 4.78 is 48.7. The van der Waals surface area contributed by atoms with Crippen molar-refractivity contribution in [3.8, 4) is 0 Å². The van der Waals surface area contributed by atoms with Gasteiger partial charge in [0.1, 0.15) is 0 Å². The van der Waals surface area contributed by atoms with Crippen molar-refractivity contribution in [1.29, 1.82) is 0 Å². The van der Waals surface area contributed by atoms with Gasteiger partial charge in [-0.05, 0) is 24.1 Å². The Hall–Kier alpha value is -1.93. The average molecular weight is 327 g/mol. The molecule has 1 aromatic heterocycles. The summed E-state index contributed by atoms with van der Waals surface area (Å²) in [6, 6.07) is 4.06. The quantitative estimate of drug-likeness (QED) is 0.867. The lowest BCUT2D eigenvalue weighted by Gasteiger charge is -2.33. The molecule has 1 saturated heterocycles. The first kappa shape index (κ1) is 15.9. The normalized spacial score (nSPS) is 19.9. The van der Waals surface area contributed by atoms with E-state index in [1.807, 2.05) is 0 Å². The molecule has 1 fully saturated rings. The third-order valence-electron chi connectivity index (χ3n) is 3.90. The van der Waals surface area contributed by atoms with Gasteiger partial charge < -0.3 is 9.26 Å². The lowest BCUT2D eigenvalue weighted by Crippen LogP contribution is -2.39. The Morgan fingerprint density at radius 2 is 2.17 bits per heavy atom. The summed E-state index contributed by atoms with van der Waals surface area (Å²) in [5.41, 5.74) is 0.434. The van der Waals surface area contributed by atoms with Gasteiger partial charge in [-0.3, -0.25) is 4.90 Å². The van der Waals surface area contributed by atoms with E-state index in [0.717, 1.165) is 11.6 Å². The molecular weight excluding hydrogens is 311 g/mol. The minimum Gasteiger partial charge on any atom is -0.378 e. The van der Waals surface area contributed by atoms with Gasteiger partial charge in [0.25, 0.3) is 0 Å². The predicted molar refractivity (Wildman–Crippen MR) is 74.4 cm³/mol. The highest BCUT2D eigenvalue weighted by atomic mass is 19.4. The number of benzene rings is 1. The highest BCUT2D eigenvalue weighted by molar-refractivity contribution is 5.33. The fourth-order valence-corrected chi connectivity index (χ4v) is 2.77. The third-order valence-corrected chi connectivity index (χ3v) is 3.90. The lowest BCUT2D eigenvalue weighted by molar-refractivity contribution is -0.138. The molecule has 23 heavy (non-hydrogen) atoms. The number of alkyl halides is 3. The zero-order valence-electron chi connectivity index (χ0n) is 12.5. The summed E-state index contributed by atoms with van der Waals surface area (Å²) in [6.07, 6.45) is -3.07. The second-order valence-corrected chi connectivity index (χ2v) is 5.50. The number of nitrogens with zero attached hydrogens (tertiary/aromatic N) is 3. The highest BCUT2D eigenvalue weighted by Crippen LogP contribution is 2.32. The van der Waals surface area contributed by atoms with Crippen LogP contribution in [0.2, 0.25) is 0 Å². The van der Waals surface area contributed by atoms with E-state index in [-0.39, 0.29) is 11.6 Å². The zero-order chi connectivity index (χ0) is 16.4. The second kappa shape index (κ2) is 6.29. The van der Waals surface area contributed by atoms with Gasteiger partial charge in [0.2, 0.25) is 6.39 Å². The van der Waals surface area contributed by atoms with Crippen LogP contribution in [0.1, 0.15) is 28.6 Å². The molecule has 0 aliphatic carbocycles. The summed E-state index contributed by atoms with van der Waals surface area (Å²) in [4.78, 5) is 6.13. The van der Waals surface area contributed by atoms with Gasteiger partial charge in [0, 0.05) is 13.1 Å². The number of morpholine rings is 1. The van der Waals surface area contributed by atoms with E-state index < -0.39 is 11.7 Å². The van der Waals surface area contributed by atoms with Crippen LogP contribution in [-0.2, 0) is 17.5 Å². The summed E-state index contributed by atoms with van der Waals surface area (Å²) in [6.45, 7) is 3.62. The first-order chi connectivity index (χ1) is 10.9. The molecule has 0 spiro atoms. The van der Waals surface area contributed by atoms with E-state index in [4.69, 9.17) is 9.26 Å². The molecule has 0 bridgehead atoms. The first-order valence-electron chi connectivity index (χ1n) is 7.20. The van der Waals surface area contributed by atoms with Gasteiger partial charge in [-0.25, -0.2) is 0 Å². The molecule has 0 N–H and O–H groups in total. The number of aryl methyl sites for hydroxylation is 1. The molecule has 124 valence electrons. The molecule has 1 atom stereocenters. The van der Waals surface area contributed by atoms with E-state index >= 15 is 0 Å². The van der Waals surface area contributed by atoms with E-state index in [1.54, 1.807) is 6.07 Å². The van der Waals surface area contributed by atoms with Gasteiger partial charge in [0.05, 0.1) is 24.8 Å². The summed E-state index contributed by atoms with van der Waals surface area (Å²) >= 11 is 0. The van der Waals surface area contributed by atoms with Crippen molar-refractivity contribution in [1.82, 2.24) is 15.0 Å². The summed E-state index contributed by atoms with van der Waals surface area (Å²) in [7, 11) is 0. The van der Waals surface area contributed by atoms with Gasteiger partial charge in [-0.15, -0.1) is 0 Å². The van der Waals surface area contributed by atoms with Crippen molar-refractivity contribution >= 4 is 0 Å². The maximum atomic E-state index is 12.8. The van der Waals surface area contributed by atoms with Crippen LogP contribution >= 0.6 is 0 Å². The van der Waals surface area contributed by atoms with Crippen molar-refractivity contribution in [3.63, 3.8) is 0 Å². The molecule has 1 aromatic carbocycles. The number of ether oxygens (including phenoxy) is 1. The molecule has 3 rings (SSSR count). The topological polar surface area (TPSA) is 51.4 Å². The van der Waals surface area contributed by atoms with Crippen LogP contribution in [0.3, 0.4) is 0 Å². The second-order valence-electron chi connectivity index (χ2n) is 5.50. The van der Waals surface area contributed by atoms with Gasteiger partial charge in [-0.1, -0.05) is 17.3 Å². The lowest BCUT2D eigenvalue weighted by atomic mass is 10.0. The Morgan fingerprint density at radius 3 is 2.83 bits per heavy atom. The molecule has 2 heterocycles.